The Bertz CT molecular complexity index is 1290. The fraction of sp³-hybridized carbons (Fsp3) is 0.185. The van der Waals surface area contributed by atoms with Crippen molar-refractivity contribution in [3.63, 3.8) is 0 Å². The molecule has 0 fully saturated rings. The molecule has 0 saturated carbocycles. The molecule has 0 bridgehead atoms. The molecule has 2 radical (unpaired) electrons. The van der Waals surface area contributed by atoms with Gasteiger partial charge < -0.3 is 9.64 Å². The Kier molecular flexibility index (Phi) is 7.11. The van der Waals surface area contributed by atoms with Crippen LogP contribution < -0.4 is 10.8 Å². The maximum atomic E-state index is 13.4. The Morgan fingerprint density at radius 2 is 1.88 bits per heavy atom. The molecule has 1 heterocycles. The quantitative estimate of drug-likeness (QED) is 0.326. The summed E-state index contributed by atoms with van der Waals surface area (Å²) in [6, 6.07) is 14.8. The third-order valence-corrected chi connectivity index (χ3v) is 6.65. The van der Waals surface area contributed by atoms with Crippen LogP contribution in [0.1, 0.15) is 31.8 Å². The van der Waals surface area contributed by atoms with E-state index in [1.165, 1.54) is 12.1 Å². The number of ether oxygens (including phenoxy) is 1. The first kappa shape index (κ1) is 24.1. The summed E-state index contributed by atoms with van der Waals surface area (Å²) in [6.07, 6.45) is 2.71. The summed E-state index contributed by atoms with van der Waals surface area (Å²) < 4.78 is 18.9. The first-order valence-corrected chi connectivity index (χ1v) is 11.4. The van der Waals surface area contributed by atoms with Crippen LogP contribution in [0.2, 0.25) is 0 Å². The number of hydrogen-bond donors (Lipinski definition) is 0. The van der Waals surface area contributed by atoms with Crippen LogP contribution in [-0.4, -0.2) is 51.2 Å². The van der Waals surface area contributed by atoms with Crippen LogP contribution in [0, 0.1) is 12.7 Å². The lowest BCUT2D eigenvalue weighted by Crippen LogP contribution is -2.43. The highest BCUT2D eigenvalue weighted by Crippen LogP contribution is 2.29. The van der Waals surface area contributed by atoms with Gasteiger partial charge in [-0.3, -0.25) is 9.59 Å². The molecule has 0 saturated heterocycles. The maximum Gasteiger partial charge on any atom is 0.254 e. The maximum absolute atomic E-state index is 13.4. The van der Waals surface area contributed by atoms with E-state index in [9.17, 15) is 14.0 Å². The number of aldehydes is 1. The number of aryl methyl sites for hydroxylation is 1. The van der Waals surface area contributed by atoms with Gasteiger partial charge in [0.25, 0.3) is 5.91 Å². The number of rotatable bonds is 5. The zero-order valence-corrected chi connectivity index (χ0v) is 20.2. The number of carbonyl (C=O) groups excluding carboxylic acids is 2. The van der Waals surface area contributed by atoms with Crippen molar-refractivity contribution < 1.29 is 18.7 Å². The van der Waals surface area contributed by atoms with Crippen molar-refractivity contribution in [3.8, 4) is 11.1 Å². The van der Waals surface area contributed by atoms with Crippen LogP contribution in [0.4, 0.5) is 4.39 Å². The molecule has 7 heteroatoms. The lowest BCUT2D eigenvalue weighted by Gasteiger charge is -2.33. The molecule has 34 heavy (non-hydrogen) atoms. The van der Waals surface area contributed by atoms with E-state index in [-0.39, 0.29) is 17.8 Å². The molecule has 3 aromatic rings. The number of likely N-dealkylation sites (N-methyl/N-ethyl adjacent to an activating group) is 1. The molecule has 3 aromatic carbocycles. The smallest absolute Gasteiger partial charge is 0.254 e. The van der Waals surface area contributed by atoms with Crippen molar-refractivity contribution in [1.29, 1.82) is 0 Å². The number of halogens is 1. The van der Waals surface area contributed by atoms with Gasteiger partial charge in [0.05, 0.1) is 19.3 Å². The summed E-state index contributed by atoms with van der Waals surface area (Å²) in [5, 5.41) is 0.830. The number of nitrogens with zero attached hydrogens (tertiary/aromatic N) is 1. The lowest BCUT2D eigenvalue weighted by molar-refractivity contribution is 0.0620. The van der Waals surface area contributed by atoms with Crippen molar-refractivity contribution >= 4 is 45.6 Å². The minimum Gasteiger partial charge on any atom is -0.375 e. The molecule has 4 nitrogen and oxygen atoms in total. The summed E-state index contributed by atoms with van der Waals surface area (Å²) in [5.74, 6) is -0.474. The van der Waals surface area contributed by atoms with Crippen molar-refractivity contribution in [1.82, 2.24) is 4.90 Å². The van der Waals surface area contributed by atoms with E-state index in [1.54, 1.807) is 48.3 Å². The van der Waals surface area contributed by atoms with Gasteiger partial charge in [0, 0.05) is 18.2 Å². The average molecular weight is 471 g/mol. The van der Waals surface area contributed by atoms with E-state index >= 15 is 0 Å². The summed E-state index contributed by atoms with van der Waals surface area (Å²) in [5.41, 5.74) is 5.77. The van der Waals surface area contributed by atoms with Crippen LogP contribution in [0.5, 0.6) is 0 Å². The molecule has 1 amide bonds. The predicted octanol–water partition coefficient (Wildman–Crippen LogP) is 3.46. The van der Waals surface area contributed by atoms with Crippen molar-refractivity contribution in [2.45, 2.75) is 13.0 Å². The molecule has 0 N–H and O–H groups in total. The van der Waals surface area contributed by atoms with E-state index < -0.39 is 0 Å². The minimum atomic E-state index is -0.383. The largest absolute Gasteiger partial charge is 0.375 e. The van der Waals surface area contributed by atoms with E-state index in [0.29, 0.717) is 35.4 Å². The van der Waals surface area contributed by atoms with Crippen molar-refractivity contribution in [2.24, 2.45) is 0 Å². The Labute approximate surface area is 202 Å². The van der Waals surface area contributed by atoms with Crippen LogP contribution in [0.15, 0.2) is 60.7 Å². The Morgan fingerprint density at radius 3 is 2.56 bits per heavy atom. The van der Waals surface area contributed by atoms with Gasteiger partial charge in [-0.1, -0.05) is 41.4 Å². The fourth-order valence-electron chi connectivity index (χ4n) is 4.19. The van der Waals surface area contributed by atoms with E-state index in [1.807, 2.05) is 19.1 Å². The number of hydrogen-bond acceptors (Lipinski definition) is 3. The van der Waals surface area contributed by atoms with Gasteiger partial charge in [-0.15, -0.1) is 9.24 Å². The van der Waals surface area contributed by atoms with Crippen LogP contribution in [-0.2, 0) is 4.74 Å². The molecule has 170 valence electrons. The molecule has 0 aliphatic carbocycles. The van der Waals surface area contributed by atoms with Crippen LogP contribution in [0.3, 0.4) is 0 Å². The monoisotopic (exact) mass is 471 g/mol. The molecule has 2 unspecified atom stereocenters. The number of benzene rings is 3. The van der Waals surface area contributed by atoms with Crippen LogP contribution >= 0.6 is 9.24 Å². The summed E-state index contributed by atoms with van der Waals surface area (Å²) in [6.45, 7) is 2.55. The van der Waals surface area contributed by atoms with Gasteiger partial charge in [-0.05, 0) is 64.8 Å². The Hall–Kier alpha value is -3.08. The fourth-order valence-corrected chi connectivity index (χ4v) is 4.63. The SMILES string of the molecule is [B]c1cc(C2=CCOCC2N(C)C(=O)c2ccc(-c3ccc(F)cc3)c(P)c2)c(C=O)cc1C. The minimum absolute atomic E-state index is 0.177. The van der Waals surface area contributed by atoms with Gasteiger partial charge in [0.15, 0.2) is 6.29 Å². The summed E-state index contributed by atoms with van der Waals surface area (Å²) in [4.78, 5) is 26.8. The van der Waals surface area contributed by atoms with E-state index in [2.05, 4.69) is 9.24 Å². The average Bonchev–Trinajstić information content (AvgIpc) is 2.85. The number of amides is 1. The van der Waals surface area contributed by atoms with E-state index in [4.69, 9.17) is 12.6 Å². The van der Waals surface area contributed by atoms with E-state index in [0.717, 1.165) is 33.9 Å². The van der Waals surface area contributed by atoms with Gasteiger partial charge in [0.2, 0.25) is 0 Å². The van der Waals surface area contributed by atoms with Gasteiger partial charge in [-0.25, -0.2) is 4.39 Å². The topological polar surface area (TPSA) is 46.6 Å². The molecule has 1 aliphatic heterocycles. The third kappa shape index (κ3) is 4.75. The summed E-state index contributed by atoms with van der Waals surface area (Å²) in [7, 11) is 10.5. The van der Waals surface area contributed by atoms with Crippen LogP contribution in [0.25, 0.3) is 16.7 Å². The molecule has 0 aromatic heterocycles. The zero-order valence-electron chi connectivity index (χ0n) is 19.0. The lowest BCUT2D eigenvalue weighted by atomic mass is 9.83. The second-order valence-electron chi connectivity index (χ2n) is 8.35. The second-order valence-corrected chi connectivity index (χ2v) is 8.97. The normalized spacial score (nSPS) is 15.5. The molecule has 0 spiro atoms. The standard InChI is InChI=1S/C27H24BFNO3P/c1-16-11-19(14-31)23(13-24(16)28)22-9-10-33-15-25(22)30(2)27(32)18-5-8-21(26(34)12-18)17-3-6-20(29)7-4-17/h3-9,11-14,25H,10,15,34H2,1-2H3. The van der Waals surface area contributed by atoms with Gasteiger partial charge in [-0.2, -0.15) is 0 Å². The highest BCUT2D eigenvalue weighted by Gasteiger charge is 2.29. The predicted molar refractivity (Wildman–Crippen MR) is 138 cm³/mol. The third-order valence-electron chi connectivity index (χ3n) is 6.17. The first-order chi connectivity index (χ1) is 16.3. The second kappa shape index (κ2) is 10.0. The number of carbonyl (C=O) groups is 2. The first-order valence-electron chi connectivity index (χ1n) is 10.9. The Balaban J connectivity index is 1.64. The Morgan fingerprint density at radius 1 is 1.15 bits per heavy atom. The molecular formula is C27H24BFNO3P. The summed E-state index contributed by atoms with van der Waals surface area (Å²) >= 11 is 0. The molecule has 1 aliphatic rings. The highest BCUT2D eigenvalue weighted by molar-refractivity contribution is 7.28. The highest BCUT2D eigenvalue weighted by atomic mass is 31.0. The molecule has 4 rings (SSSR count). The van der Waals surface area contributed by atoms with Crippen molar-refractivity contribution in [3.05, 3.63) is 88.7 Å². The molecule has 2 atom stereocenters. The zero-order chi connectivity index (χ0) is 24.4. The van der Waals surface area contributed by atoms with Crippen molar-refractivity contribution in [2.75, 3.05) is 20.3 Å². The molecular weight excluding hydrogens is 447 g/mol. The van der Waals surface area contributed by atoms with Gasteiger partial charge in [0.1, 0.15) is 13.7 Å². The van der Waals surface area contributed by atoms with Gasteiger partial charge >= 0.3 is 0 Å².